The average molecular weight is 268 g/mol. The molecule has 0 aromatic heterocycles. The zero-order chi connectivity index (χ0) is 10.8. The molecule has 1 saturated heterocycles. The second kappa shape index (κ2) is 4.35. The molecule has 0 saturated carbocycles. The first-order valence-electron chi connectivity index (χ1n) is 5.19. The highest BCUT2D eigenvalue weighted by Gasteiger charge is 2.25. The molecule has 15 heavy (non-hydrogen) atoms. The van der Waals surface area contributed by atoms with Gasteiger partial charge in [-0.1, -0.05) is 22.0 Å². The normalized spacial score (nSPS) is 20.7. The van der Waals surface area contributed by atoms with E-state index in [1.807, 2.05) is 11.0 Å². The van der Waals surface area contributed by atoms with Gasteiger partial charge in [-0.2, -0.15) is 0 Å². The third kappa shape index (κ3) is 2.07. The predicted molar refractivity (Wildman–Crippen MR) is 63.6 cm³/mol. The molecule has 1 amide bonds. The summed E-state index contributed by atoms with van der Waals surface area (Å²) in [6.07, 6.45) is 3.17. The van der Waals surface area contributed by atoms with E-state index < -0.39 is 0 Å². The highest BCUT2D eigenvalue weighted by Crippen LogP contribution is 2.33. The summed E-state index contributed by atoms with van der Waals surface area (Å²) >= 11 is 3.45. The Morgan fingerprint density at radius 2 is 2.33 bits per heavy atom. The molecule has 1 heterocycles. The summed E-state index contributed by atoms with van der Waals surface area (Å²) in [5, 5.41) is 0. The fourth-order valence-electron chi connectivity index (χ4n) is 2.26. The van der Waals surface area contributed by atoms with Gasteiger partial charge in [-0.15, -0.1) is 0 Å². The summed E-state index contributed by atoms with van der Waals surface area (Å²) in [6.45, 7) is 2.99. The molecule has 0 aliphatic carbocycles. The Kier molecular flexibility index (Phi) is 3.10. The van der Waals surface area contributed by atoms with Crippen molar-refractivity contribution in [3.05, 3.63) is 33.8 Å². The molecule has 1 unspecified atom stereocenters. The van der Waals surface area contributed by atoms with Gasteiger partial charge in [0.25, 0.3) is 0 Å². The van der Waals surface area contributed by atoms with E-state index in [0.717, 1.165) is 30.3 Å². The lowest BCUT2D eigenvalue weighted by Crippen LogP contribution is -2.21. The first-order chi connectivity index (χ1) is 7.22. The molecule has 1 aliphatic rings. The van der Waals surface area contributed by atoms with Crippen LogP contribution >= 0.6 is 15.9 Å². The number of amides is 1. The minimum Gasteiger partial charge on any atom is -0.338 e. The molecule has 0 spiro atoms. The van der Waals surface area contributed by atoms with Gasteiger partial charge in [0.1, 0.15) is 0 Å². The van der Waals surface area contributed by atoms with Crippen molar-refractivity contribution in [2.45, 2.75) is 25.8 Å². The van der Waals surface area contributed by atoms with E-state index in [4.69, 9.17) is 0 Å². The Labute approximate surface area is 98.4 Å². The number of hydrogen-bond acceptors (Lipinski definition) is 1. The van der Waals surface area contributed by atoms with E-state index in [2.05, 4.69) is 35.0 Å². The number of likely N-dealkylation sites (tertiary alicyclic amines) is 1. The van der Waals surface area contributed by atoms with Crippen LogP contribution in [-0.2, 0) is 4.79 Å². The zero-order valence-corrected chi connectivity index (χ0v) is 10.3. The Morgan fingerprint density at radius 3 is 3.00 bits per heavy atom. The lowest BCUT2D eigenvalue weighted by Gasteiger charge is -2.22. The molecule has 1 aromatic rings. The van der Waals surface area contributed by atoms with E-state index in [0.29, 0.717) is 0 Å². The first kappa shape index (κ1) is 10.7. The Morgan fingerprint density at radius 1 is 1.53 bits per heavy atom. The summed E-state index contributed by atoms with van der Waals surface area (Å²) < 4.78 is 1.10. The Balaban J connectivity index is 2.32. The van der Waals surface area contributed by atoms with Crippen LogP contribution in [0, 0.1) is 6.92 Å². The fourth-order valence-corrected chi connectivity index (χ4v) is 2.74. The van der Waals surface area contributed by atoms with Gasteiger partial charge in [0.2, 0.25) is 6.41 Å². The maximum atomic E-state index is 10.9. The van der Waals surface area contributed by atoms with E-state index in [1.54, 1.807) is 0 Å². The van der Waals surface area contributed by atoms with Crippen molar-refractivity contribution in [1.29, 1.82) is 0 Å². The predicted octanol–water partition coefficient (Wildman–Crippen LogP) is 3.05. The summed E-state index contributed by atoms with van der Waals surface area (Å²) in [7, 11) is 0. The van der Waals surface area contributed by atoms with Crippen LogP contribution in [0.15, 0.2) is 22.7 Å². The third-order valence-corrected chi connectivity index (χ3v) is 3.51. The second-order valence-electron chi connectivity index (χ2n) is 4.00. The number of carbonyl (C=O) groups excluding carboxylic acids is 1. The van der Waals surface area contributed by atoms with Crippen LogP contribution in [0.5, 0.6) is 0 Å². The minimum absolute atomic E-state index is 0.288. The number of carbonyl (C=O) groups is 1. The van der Waals surface area contributed by atoms with Crippen LogP contribution in [0.4, 0.5) is 0 Å². The molecule has 1 aromatic carbocycles. The van der Waals surface area contributed by atoms with Crippen LogP contribution in [0.2, 0.25) is 0 Å². The van der Waals surface area contributed by atoms with Crippen molar-refractivity contribution in [2.24, 2.45) is 0 Å². The van der Waals surface area contributed by atoms with Crippen molar-refractivity contribution in [2.75, 3.05) is 6.54 Å². The molecule has 80 valence electrons. The number of nitrogens with zero attached hydrogens (tertiary/aromatic N) is 1. The molecular weight excluding hydrogens is 254 g/mol. The molecule has 3 heteroatoms. The molecule has 2 nitrogen and oxygen atoms in total. The lowest BCUT2D eigenvalue weighted by molar-refractivity contribution is -0.118. The van der Waals surface area contributed by atoms with Crippen LogP contribution in [0.1, 0.15) is 30.0 Å². The molecule has 0 bridgehead atoms. The Hall–Kier alpha value is -0.830. The Bertz CT molecular complexity index is 378. The maximum Gasteiger partial charge on any atom is 0.210 e. The zero-order valence-electron chi connectivity index (χ0n) is 8.74. The van der Waals surface area contributed by atoms with Crippen LogP contribution < -0.4 is 0 Å². The van der Waals surface area contributed by atoms with Crippen molar-refractivity contribution in [1.82, 2.24) is 4.90 Å². The molecular formula is C12H14BrNO. The summed E-state index contributed by atoms with van der Waals surface area (Å²) in [5.74, 6) is 0. The van der Waals surface area contributed by atoms with Crippen molar-refractivity contribution < 1.29 is 4.79 Å². The highest BCUT2D eigenvalue weighted by atomic mass is 79.9. The van der Waals surface area contributed by atoms with Gasteiger partial charge in [-0.3, -0.25) is 4.79 Å². The van der Waals surface area contributed by atoms with Crippen molar-refractivity contribution in [3.63, 3.8) is 0 Å². The highest BCUT2D eigenvalue weighted by molar-refractivity contribution is 9.10. The van der Waals surface area contributed by atoms with Gasteiger partial charge in [-0.05, 0) is 43.0 Å². The molecule has 1 atom stereocenters. The van der Waals surface area contributed by atoms with Crippen molar-refractivity contribution in [3.8, 4) is 0 Å². The van der Waals surface area contributed by atoms with Gasteiger partial charge < -0.3 is 4.90 Å². The monoisotopic (exact) mass is 267 g/mol. The van der Waals surface area contributed by atoms with Crippen LogP contribution in [0.3, 0.4) is 0 Å². The molecule has 2 rings (SSSR count). The van der Waals surface area contributed by atoms with Crippen molar-refractivity contribution >= 4 is 22.3 Å². The fraction of sp³-hybridized carbons (Fsp3) is 0.417. The van der Waals surface area contributed by atoms with E-state index >= 15 is 0 Å². The second-order valence-corrected chi connectivity index (χ2v) is 4.92. The average Bonchev–Trinajstić information content (AvgIpc) is 2.65. The van der Waals surface area contributed by atoms with Gasteiger partial charge >= 0.3 is 0 Å². The molecule has 1 aliphatic heterocycles. The summed E-state index contributed by atoms with van der Waals surface area (Å²) in [6, 6.07) is 6.56. The molecule has 0 radical (unpaired) electrons. The van der Waals surface area contributed by atoms with Crippen LogP contribution in [0.25, 0.3) is 0 Å². The number of halogens is 1. The smallest absolute Gasteiger partial charge is 0.210 e. The molecule has 1 fully saturated rings. The third-order valence-electron chi connectivity index (χ3n) is 3.02. The summed E-state index contributed by atoms with van der Waals surface area (Å²) in [4.78, 5) is 12.8. The topological polar surface area (TPSA) is 20.3 Å². The van der Waals surface area contributed by atoms with E-state index in [1.165, 1.54) is 11.1 Å². The minimum atomic E-state index is 0.288. The largest absolute Gasteiger partial charge is 0.338 e. The SMILES string of the molecule is Cc1cc(Br)ccc1C1CCCN1C=O. The van der Waals surface area contributed by atoms with Gasteiger partial charge in [0.15, 0.2) is 0 Å². The van der Waals surface area contributed by atoms with Gasteiger partial charge in [0, 0.05) is 11.0 Å². The first-order valence-corrected chi connectivity index (χ1v) is 5.99. The van der Waals surface area contributed by atoms with E-state index in [-0.39, 0.29) is 6.04 Å². The quantitative estimate of drug-likeness (QED) is 0.755. The lowest BCUT2D eigenvalue weighted by atomic mass is 10.00. The number of benzene rings is 1. The summed E-state index contributed by atoms with van der Waals surface area (Å²) in [5.41, 5.74) is 2.53. The maximum absolute atomic E-state index is 10.9. The standard InChI is InChI=1S/C12H14BrNO/c1-9-7-10(13)4-5-11(9)12-3-2-6-14(12)8-15/h4-5,7-8,12H,2-3,6H2,1H3. The number of aryl methyl sites for hydroxylation is 1. The van der Waals surface area contributed by atoms with Gasteiger partial charge in [-0.25, -0.2) is 0 Å². The van der Waals surface area contributed by atoms with Crippen LogP contribution in [-0.4, -0.2) is 17.9 Å². The molecule has 0 N–H and O–H groups in total. The van der Waals surface area contributed by atoms with Gasteiger partial charge in [0.05, 0.1) is 6.04 Å². The number of rotatable bonds is 2. The van der Waals surface area contributed by atoms with E-state index in [9.17, 15) is 4.79 Å². The number of hydrogen-bond donors (Lipinski definition) is 0.